The molecule has 27 heavy (non-hydrogen) atoms. The molecule has 0 saturated carbocycles. The van der Waals surface area contributed by atoms with Gasteiger partial charge in [-0.25, -0.2) is 4.39 Å². The predicted octanol–water partition coefficient (Wildman–Crippen LogP) is 3.99. The van der Waals surface area contributed by atoms with E-state index in [0.717, 1.165) is 17.3 Å². The van der Waals surface area contributed by atoms with Crippen molar-refractivity contribution in [3.8, 4) is 0 Å². The Morgan fingerprint density at radius 3 is 2.93 bits per heavy atom. The molecule has 0 bridgehead atoms. The van der Waals surface area contributed by atoms with E-state index in [1.54, 1.807) is 13.1 Å². The number of H-pyrrole nitrogens is 2. The SMILES string of the molecule is C=C(N=C/C(F)=C\C)[C@H](C)Nc1nc(Nc2cc(C)[nH]n2)c2cc[nH]c2n1. The van der Waals surface area contributed by atoms with Gasteiger partial charge in [0.15, 0.2) is 5.82 Å². The second-order valence-electron chi connectivity index (χ2n) is 5.99. The summed E-state index contributed by atoms with van der Waals surface area (Å²) in [5.41, 5.74) is 2.06. The number of hydrogen-bond donors (Lipinski definition) is 4. The molecule has 0 spiro atoms. The highest BCUT2D eigenvalue weighted by molar-refractivity contribution is 5.89. The Labute approximate surface area is 155 Å². The first-order valence-electron chi connectivity index (χ1n) is 8.41. The average molecular weight is 368 g/mol. The summed E-state index contributed by atoms with van der Waals surface area (Å²) < 4.78 is 13.2. The van der Waals surface area contributed by atoms with E-state index in [4.69, 9.17) is 0 Å². The highest BCUT2D eigenvalue weighted by Gasteiger charge is 2.13. The summed E-state index contributed by atoms with van der Waals surface area (Å²) in [4.78, 5) is 16.1. The van der Waals surface area contributed by atoms with Crippen molar-refractivity contribution in [1.82, 2.24) is 25.1 Å². The molecular formula is C18H21FN8. The normalized spacial score (nSPS) is 13.3. The first kappa shape index (κ1) is 18.3. The molecule has 3 heterocycles. The number of aromatic nitrogens is 5. The molecule has 3 aromatic heterocycles. The molecule has 1 atom stereocenters. The number of hydrogen-bond acceptors (Lipinski definition) is 6. The topological polar surface area (TPSA) is 107 Å². The molecule has 0 radical (unpaired) electrons. The molecule has 0 aromatic carbocycles. The molecule has 8 nitrogen and oxygen atoms in total. The Morgan fingerprint density at radius 1 is 1.41 bits per heavy atom. The summed E-state index contributed by atoms with van der Waals surface area (Å²) in [6.45, 7) is 9.22. The van der Waals surface area contributed by atoms with E-state index in [1.807, 2.05) is 26.0 Å². The molecule has 3 rings (SSSR count). The fraction of sp³-hybridized carbons (Fsp3) is 0.222. The van der Waals surface area contributed by atoms with Crippen molar-refractivity contribution in [2.45, 2.75) is 26.8 Å². The first-order chi connectivity index (χ1) is 13.0. The Kier molecular flexibility index (Phi) is 5.30. The standard InChI is InChI=1S/C18H21FN8/c1-5-13(19)9-21-11(3)12(4)22-18-24-16-14(6-7-20-16)17(25-18)23-15-8-10(2)26-27-15/h5-9,12H,3H2,1-2,4H3,(H4,20,22,23,24,25,26,27)/b13-5+,21-9?/t12-/m0/s1. The van der Waals surface area contributed by atoms with Gasteiger partial charge in [0.25, 0.3) is 0 Å². The van der Waals surface area contributed by atoms with Gasteiger partial charge in [0.1, 0.15) is 17.3 Å². The second-order valence-corrected chi connectivity index (χ2v) is 5.99. The minimum absolute atomic E-state index is 0.293. The van der Waals surface area contributed by atoms with Crippen LogP contribution >= 0.6 is 0 Å². The number of nitrogens with zero attached hydrogens (tertiary/aromatic N) is 4. The Hall–Kier alpha value is -3.49. The zero-order valence-corrected chi connectivity index (χ0v) is 15.3. The van der Waals surface area contributed by atoms with Crippen LogP contribution in [0.25, 0.3) is 11.0 Å². The lowest BCUT2D eigenvalue weighted by Gasteiger charge is -2.14. The monoisotopic (exact) mass is 368 g/mol. The zero-order chi connectivity index (χ0) is 19.4. The molecule has 0 aliphatic heterocycles. The molecule has 0 fully saturated rings. The number of aromatic amines is 2. The van der Waals surface area contributed by atoms with Gasteiger partial charge in [-0.3, -0.25) is 10.1 Å². The van der Waals surface area contributed by atoms with Crippen molar-refractivity contribution in [3.63, 3.8) is 0 Å². The maximum Gasteiger partial charge on any atom is 0.227 e. The summed E-state index contributed by atoms with van der Waals surface area (Å²) in [5.74, 6) is 1.23. The Balaban J connectivity index is 1.82. The lowest BCUT2D eigenvalue weighted by atomic mass is 10.2. The molecular weight excluding hydrogens is 347 g/mol. The van der Waals surface area contributed by atoms with Crippen molar-refractivity contribution in [2.24, 2.45) is 4.99 Å². The van der Waals surface area contributed by atoms with Crippen molar-refractivity contribution in [2.75, 3.05) is 10.6 Å². The Bertz CT molecular complexity index is 1010. The van der Waals surface area contributed by atoms with Crippen molar-refractivity contribution >= 4 is 34.8 Å². The third kappa shape index (κ3) is 4.38. The summed E-state index contributed by atoms with van der Waals surface area (Å²) >= 11 is 0. The maximum atomic E-state index is 13.2. The summed E-state index contributed by atoms with van der Waals surface area (Å²) in [6.07, 6.45) is 4.24. The van der Waals surface area contributed by atoms with Crippen LogP contribution in [0.3, 0.4) is 0 Å². The summed E-state index contributed by atoms with van der Waals surface area (Å²) in [5, 5.41) is 14.2. The third-order valence-electron chi connectivity index (χ3n) is 3.84. The van der Waals surface area contributed by atoms with Gasteiger partial charge in [-0.1, -0.05) is 12.7 Å². The van der Waals surface area contributed by atoms with Crippen LogP contribution in [0.1, 0.15) is 19.5 Å². The minimum Gasteiger partial charge on any atom is -0.346 e. The highest BCUT2D eigenvalue weighted by Crippen LogP contribution is 2.24. The molecule has 9 heteroatoms. The van der Waals surface area contributed by atoms with Crippen LogP contribution in [0.15, 0.2) is 47.5 Å². The van der Waals surface area contributed by atoms with Gasteiger partial charge in [0.2, 0.25) is 5.95 Å². The number of nitrogens with one attached hydrogen (secondary N) is 4. The zero-order valence-electron chi connectivity index (χ0n) is 15.3. The Morgan fingerprint density at radius 2 is 2.22 bits per heavy atom. The summed E-state index contributed by atoms with van der Waals surface area (Å²) in [7, 11) is 0. The van der Waals surface area contributed by atoms with Gasteiger partial charge in [-0.05, 0) is 26.8 Å². The number of allylic oxidation sites excluding steroid dienone is 2. The van der Waals surface area contributed by atoms with Crippen molar-refractivity contribution < 1.29 is 4.39 Å². The van der Waals surface area contributed by atoms with Gasteiger partial charge in [-0.15, -0.1) is 0 Å². The lowest BCUT2D eigenvalue weighted by molar-refractivity contribution is 0.683. The van der Waals surface area contributed by atoms with E-state index < -0.39 is 5.83 Å². The van der Waals surface area contributed by atoms with Crippen molar-refractivity contribution in [3.05, 3.63) is 48.2 Å². The van der Waals surface area contributed by atoms with Crippen LogP contribution in [0.2, 0.25) is 0 Å². The van der Waals surface area contributed by atoms with Gasteiger partial charge >= 0.3 is 0 Å². The molecule has 0 aliphatic carbocycles. The van der Waals surface area contributed by atoms with Crippen LogP contribution in [-0.4, -0.2) is 37.4 Å². The largest absolute Gasteiger partial charge is 0.346 e. The van der Waals surface area contributed by atoms with E-state index in [1.165, 1.54) is 6.08 Å². The number of anilines is 3. The van der Waals surface area contributed by atoms with Crippen LogP contribution < -0.4 is 10.6 Å². The molecule has 0 amide bonds. The molecule has 0 saturated heterocycles. The predicted molar refractivity (Wildman–Crippen MR) is 106 cm³/mol. The van der Waals surface area contributed by atoms with Gasteiger partial charge < -0.3 is 15.6 Å². The first-order valence-corrected chi connectivity index (χ1v) is 8.41. The minimum atomic E-state index is -0.423. The quantitative estimate of drug-likeness (QED) is 0.472. The molecule has 4 N–H and O–H groups in total. The average Bonchev–Trinajstić information content (AvgIpc) is 3.28. The second kappa shape index (κ2) is 7.81. The van der Waals surface area contributed by atoms with Crippen LogP contribution in [0.4, 0.5) is 22.0 Å². The van der Waals surface area contributed by atoms with E-state index >= 15 is 0 Å². The van der Waals surface area contributed by atoms with Crippen molar-refractivity contribution in [1.29, 1.82) is 0 Å². The molecule has 0 aliphatic rings. The number of rotatable bonds is 7. The van der Waals surface area contributed by atoms with Gasteiger partial charge in [0, 0.05) is 18.0 Å². The maximum absolute atomic E-state index is 13.2. The summed E-state index contributed by atoms with van der Waals surface area (Å²) in [6, 6.07) is 3.47. The van der Waals surface area contributed by atoms with Gasteiger partial charge in [0.05, 0.1) is 23.3 Å². The molecule has 3 aromatic rings. The van der Waals surface area contributed by atoms with E-state index in [-0.39, 0.29) is 6.04 Å². The van der Waals surface area contributed by atoms with Crippen LogP contribution in [0, 0.1) is 6.92 Å². The highest BCUT2D eigenvalue weighted by atomic mass is 19.1. The van der Waals surface area contributed by atoms with E-state index in [0.29, 0.717) is 28.9 Å². The van der Waals surface area contributed by atoms with Crippen LogP contribution in [0.5, 0.6) is 0 Å². The van der Waals surface area contributed by atoms with E-state index in [2.05, 4.69) is 47.4 Å². The number of aliphatic imine (C=N–C) groups is 1. The number of aryl methyl sites for hydroxylation is 1. The third-order valence-corrected chi connectivity index (χ3v) is 3.84. The molecule has 140 valence electrons. The smallest absolute Gasteiger partial charge is 0.227 e. The lowest BCUT2D eigenvalue weighted by Crippen LogP contribution is -2.19. The number of halogens is 1. The molecule has 0 unspecified atom stereocenters. The number of fused-ring (bicyclic) bond motifs is 1. The fourth-order valence-corrected chi connectivity index (χ4v) is 2.31. The van der Waals surface area contributed by atoms with E-state index in [9.17, 15) is 4.39 Å². The van der Waals surface area contributed by atoms with Crippen LogP contribution in [-0.2, 0) is 0 Å². The fourth-order valence-electron chi connectivity index (χ4n) is 2.31. The van der Waals surface area contributed by atoms with Gasteiger partial charge in [-0.2, -0.15) is 15.1 Å².